The average Bonchev–Trinajstić information content (AvgIpc) is 2.93. The van der Waals surface area contributed by atoms with E-state index in [9.17, 15) is 24.5 Å². The summed E-state index contributed by atoms with van der Waals surface area (Å²) in [6, 6.07) is 22.9. The number of carbonyl (C=O) groups excluding carboxylic acids is 3. The molecule has 5 rings (SSSR count). The van der Waals surface area contributed by atoms with E-state index in [0.29, 0.717) is 28.0 Å². The lowest BCUT2D eigenvalue weighted by molar-refractivity contribution is -0.385. The van der Waals surface area contributed by atoms with Gasteiger partial charge in [0.2, 0.25) is 0 Å². The van der Waals surface area contributed by atoms with Gasteiger partial charge in [-0.15, -0.1) is 0 Å². The van der Waals surface area contributed by atoms with Gasteiger partial charge in [-0.2, -0.15) is 0 Å². The molecule has 0 atom stereocenters. The molecule has 9 nitrogen and oxygen atoms in total. The zero-order chi connectivity index (χ0) is 26.1. The Hall–Kier alpha value is -5.05. The summed E-state index contributed by atoms with van der Waals surface area (Å²) < 4.78 is 5.43. The van der Waals surface area contributed by atoms with Gasteiger partial charge in [-0.05, 0) is 35.7 Å². The van der Waals surface area contributed by atoms with Gasteiger partial charge in [-0.3, -0.25) is 29.4 Å². The fourth-order valence-corrected chi connectivity index (χ4v) is 4.63. The van der Waals surface area contributed by atoms with Crippen molar-refractivity contribution in [1.29, 1.82) is 0 Å². The zero-order valence-electron chi connectivity index (χ0n) is 19.8. The van der Waals surface area contributed by atoms with E-state index in [4.69, 9.17) is 4.74 Å². The molecule has 4 aromatic carbocycles. The molecule has 0 fully saturated rings. The monoisotopic (exact) mass is 495 g/mol. The first kappa shape index (κ1) is 23.7. The smallest absolute Gasteiger partial charge is 0.282 e. The van der Waals surface area contributed by atoms with Crippen molar-refractivity contribution in [2.45, 2.75) is 0 Å². The number of nitrogens with zero attached hydrogens (tertiary/aromatic N) is 3. The highest BCUT2D eigenvalue weighted by Crippen LogP contribution is 2.32. The fourth-order valence-electron chi connectivity index (χ4n) is 4.63. The van der Waals surface area contributed by atoms with Crippen LogP contribution in [0.2, 0.25) is 0 Å². The second-order valence-electron chi connectivity index (χ2n) is 8.37. The molecule has 1 aliphatic rings. The SMILES string of the molecule is COc1ccccc1N(CCN1C(=O)c2cccc3cccc(c23)C1=O)C(=O)c1ccccc1[N+](=O)[O-]. The van der Waals surface area contributed by atoms with Crippen LogP contribution in [0, 0.1) is 10.1 Å². The first-order valence-electron chi connectivity index (χ1n) is 11.5. The first-order chi connectivity index (χ1) is 17.9. The molecule has 0 N–H and O–H groups in total. The largest absolute Gasteiger partial charge is 0.495 e. The predicted molar refractivity (Wildman–Crippen MR) is 137 cm³/mol. The van der Waals surface area contributed by atoms with Gasteiger partial charge in [0, 0.05) is 35.7 Å². The molecule has 3 amide bonds. The molecule has 0 saturated carbocycles. The van der Waals surface area contributed by atoms with Crippen LogP contribution in [0.1, 0.15) is 31.1 Å². The van der Waals surface area contributed by atoms with Crippen LogP contribution < -0.4 is 9.64 Å². The number of hydrogen-bond acceptors (Lipinski definition) is 6. The third-order valence-electron chi connectivity index (χ3n) is 6.36. The molecule has 184 valence electrons. The Labute approximate surface area is 211 Å². The van der Waals surface area contributed by atoms with Gasteiger partial charge in [0.15, 0.2) is 0 Å². The van der Waals surface area contributed by atoms with Crippen LogP contribution >= 0.6 is 0 Å². The zero-order valence-corrected chi connectivity index (χ0v) is 19.8. The number of nitro groups is 1. The highest BCUT2D eigenvalue weighted by molar-refractivity contribution is 6.25. The van der Waals surface area contributed by atoms with E-state index >= 15 is 0 Å². The molecule has 4 aromatic rings. The maximum atomic E-state index is 13.7. The van der Waals surface area contributed by atoms with Gasteiger partial charge < -0.3 is 9.64 Å². The van der Waals surface area contributed by atoms with Crippen molar-refractivity contribution >= 4 is 39.9 Å². The molecule has 1 heterocycles. The van der Waals surface area contributed by atoms with Crippen molar-refractivity contribution in [3.05, 3.63) is 112 Å². The van der Waals surface area contributed by atoms with Gasteiger partial charge in [0.1, 0.15) is 11.3 Å². The van der Waals surface area contributed by atoms with Crippen molar-refractivity contribution in [1.82, 2.24) is 4.90 Å². The number of methoxy groups -OCH3 is 1. The first-order valence-corrected chi connectivity index (χ1v) is 11.5. The van der Waals surface area contributed by atoms with Crippen molar-refractivity contribution in [3.8, 4) is 5.75 Å². The number of benzene rings is 4. The van der Waals surface area contributed by atoms with E-state index in [1.54, 1.807) is 48.5 Å². The summed E-state index contributed by atoms with van der Waals surface area (Å²) in [5, 5.41) is 13.0. The molecule has 0 aliphatic carbocycles. The normalized spacial score (nSPS) is 12.5. The Morgan fingerprint density at radius 3 is 2.16 bits per heavy atom. The molecular weight excluding hydrogens is 474 g/mol. The maximum absolute atomic E-state index is 13.7. The Bertz CT molecular complexity index is 1530. The molecule has 0 aromatic heterocycles. The Morgan fingerprint density at radius 1 is 0.892 bits per heavy atom. The van der Waals surface area contributed by atoms with Crippen LogP contribution in [-0.4, -0.2) is 47.7 Å². The summed E-state index contributed by atoms with van der Waals surface area (Å²) >= 11 is 0. The Balaban J connectivity index is 1.53. The average molecular weight is 495 g/mol. The van der Waals surface area contributed by atoms with E-state index in [-0.39, 0.29) is 24.3 Å². The van der Waals surface area contributed by atoms with E-state index in [1.807, 2.05) is 12.1 Å². The summed E-state index contributed by atoms with van der Waals surface area (Å²) in [5.41, 5.74) is 0.693. The number of amides is 3. The summed E-state index contributed by atoms with van der Waals surface area (Å²) in [4.78, 5) is 53.8. The van der Waals surface area contributed by atoms with Crippen LogP contribution in [0.3, 0.4) is 0 Å². The van der Waals surface area contributed by atoms with Crippen molar-refractivity contribution in [2.75, 3.05) is 25.1 Å². The van der Waals surface area contributed by atoms with Crippen LogP contribution in [0.15, 0.2) is 84.9 Å². The topological polar surface area (TPSA) is 110 Å². The third kappa shape index (κ3) is 4.06. The number of para-hydroxylation sites is 3. The van der Waals surface area contributed by atoms with Gasteiger partial charge in [0.05, 0.1) is 17.7 Å². The standard InChI is InChI=1S/C28H21N3O6/c1-37-24-15-5-4-14-23(24)29(26(32)19-10-2-3-13-22(19)31(35)36)16-17-30-27(33)20-11-6-8-18-9-7-12-21(25(18)20)28(30)34/h2-15H,16-17H2,1H3. The minimum Gasteiger partial charge on any atom is -0.495 e. The van der Waals surface area contributed by atoms with Crippen LogP contribution in [0.4, 0.5) is 11.4 Å². The molecular formula is C28H21N3O6. The third-order valence-corrected chi connectivity index (χ3v) is 6.36. The summed E-state index contributed by atoms with van der Waals surface area (Å²) in [6.07, 6.45) is 0. The van der Waals surface area contributed by atoms with Gasteiger partial charge in [-0.1, -0.05) is 48.5 Å². The Morgan fingerprint density at radius 2 is 1.51 bits per heavy atom. The number of anilines is 1. The summed E-state index contributed by atoms with van der Waals surface area (Å²) in [7, 11) is 1.45. The highest BCUT2D eigenvalue weighted by atomic mass is 16.6. The molecule has 37 heavy (non-hydrogen) atoms. The van der Waals surface area contributed by atoms with E-state index in [2.05, 4.69) is 0 Å². The minimum atomic E-state index is -0.656. The van der Waals surface area contributed by atoms with Gasteiger partial charge >= 0.3 is 0 Å². The lowest BCUT2D eigenvalue weighted by Crippen LogP contribution is -2.46. The predicted octanol–water partition coefficient (Wildman–Crippen LogP) is 4.70. The van der Waals surface area contributed by atoms with Crippen LogP contribution in [0.5, 0.6) is 5.75 Å². The summed E-state index contributed by atoms with van der Waals surface area (Å²) in [5.74, 6) is -1.23. The van der Waals surface area contributed by atoms with Crippen molar-refractivity contribution in [3.63, 3.8) is 0 Å². The molecule has 9 heteroatoms. The molecule has 0 bridgehead atoms. The van der Waals surface area contributed by atoms with E-state index in [0.717, 1.165) is 10.3 Å². The lowest BCUT2D eigenvalue weighted by Gasteiger charge is -2.30. The van der Waals surface area contributed by atoms with Crippen LogP contribution in [-0.2, 0) is 0 Å². The van der Waals surface area contributed by atoms with Gasteiger partial charge in [-0.25, -0.2) is 0 Å². The lowest BCUT2D eigenvalue weighted by atomic mass is 9.94. The molecule has 1 aliphatic heterocycles. The molecule has 0 spiro atoms. The second kappa shape index (κ2) is 9.54. The number of carbonyl (C=O) groups is 3. The number of hydrogen-bond donors (Lipinski definition) is 0. The number of ether oxygens (including phenoxy) is 1. The van der Waals surface area contributed by atoms with Gasteiger partial charge in [0.25, 0.3) is 23.4 Å². The van der Waals surface area contributed by atoms with Crippen molar-refractivity contribution < 1.29 is 24.0 Å². The Kier molecular flexibility index (Phi) is 6.10. The maximum Gasteiger partial charge on any atom is 0.282 e. The van der Waals surface area contributed by atoms with Crippen LogP contribution in [0.25, 0.3) is 10.8 Å². The second-order valence-corrected chi connectivity index (χ2v) is 8.37. The molecule has 0 saturated heterocycles. The van der Waals surface area contributed by atoms with E-state index < -0.39 is 22.6 Å². The van der Waals surface area contributed by atoms with E-state index in [1.165, 1.54) is 36.3 Å². The number of imide groups is 1. The van der Waals surface area contributed by atoms with Crippen molar-refractivity contribution in [2.24, 2.45) is 0 Å². The highest BCUT2D eigenvalue weighted by Gasteiger charge is 2.34. The molecule has 0 unspecified atom stereocenters. The molecule has 0 radical (unpaired) electrons. The quantitative estimate of drug-likeness (QED) is 0.209. The summed E-state index contributed by atoms with van der Waals surface area (Å²) in [6.45, 7) is -0.242. The minimum absolute atomic E-state index is 0.110. The fraction of sp³-hybridized carbons (Fsp3) is 0.107. The number of nitro benzene ring substituents is 1. The number of rotatable bonds is 7.